The molecule has 0 radical (unpaired) electrons. The second kappa shape index (κ2) is 10.6. The third-order valence-electron chi connectivity index (χ3n) is 6.62. The molecule has 2 aromatic carbocycles. The van der Waals surface area contributed by atoms with Crippen molar-refractivity contribution < 1.29 is 14.5 Å². The van der Waals surface area contributed by atoms with Gasteiger partial charge in [0.1, 0.15) is 6.54 Å². The first-order chi connectivity index (χ1) is 17.2. The number of aryl methyl sites for hydroxylation is 2. The van der Waals surface area contributed by atoms with E-state index in [9.17, 15) is 19.7 Å². The van der Waals surface area contributed by atoms with Crippen LogP contribution in [0.2, 0.25) is 0 Å². The highest BCUT2D eigenvalue weighted by molar-refractivity contribution is 7.10. The van der Waals surface area contributed by atoms with Gasteiger partial charge in [-0.2, -0.15) is 0 Å². The summed E-state index contributed by atoms with van der Waals surface area (Å²) in [4.78, 5) is 42.9. The van der Waals surface area contributed by atoms with Gasteiger partial charge in [-0.25, -0.2) is 0 Å². The quantitative estimate of drug-likeness (QED) is 0.312. The number of hydrogen-bond donors (Lipinski definition) is 0. The Morgan fingerprint density at radius 1 is 1.11 bits per heavy atom. The van der Waals surface area contributed by atoms with Crippen molar-refractivity contribution in [2.75, 3.05) is 19.6 Å². The lowest BCUT2D eigenvalue weighted by molar-refractivity contribution is -0.385. The number of rotatable bonds is 7. The van der Waals surface area contributed by atoms with E-state index in [0.29, 0.717) is 18.7 Å². The monoisotopic (exact) mass is 505 g/mol. The van der Waals surface area contributed by atoms with Crippen LogP contribution in [0.1, 0.15) is 57.4 Å². The Labute approximate surface area is 215 Å². The summed E-state index contributed by atoms with van der Waals surface area (Å²) in [6.07, 6.45) is 0.781. The van der Waals surface area contributed by atoms with Gasteiger partial charge in [-0.15, -0.1) is 11.3 Å². The van der Waals surface area contributed by atoms with Gasteiger partial charge in [0, 0.05) is 35.2 Å². The summed E-state index contributed by atoms with van der Waals surface area (Å²) in [6, 6.07) is 14.5. The van der Waals surface area contributed by atoms with Gasteiger partial charge in [0.2, 0.25) is 5.91 Å². The third-order valence-corrected chi connectivity index (χ3v) is 7.62. The average molecular weight is 506 g/mol. The van der Waals surface area contributed by atoms with Crippen LogP contribution in [0.3, 0.4) is 0 Å². The van der Waals surface area contributed by atoms with E-state index < -0.39 is 4.92 Å². The van der Waals surface area contributed by atoms with Crippen molar-refractivity contribution in [3.05, 3.63) is 96.7 Å². The molecule has 1 aliphatic rings. The molecule has 0 saturated carbocycles. The fourth-order valence-electron chi connectivity index (χ4n) is 4.85. The van der Waals surface area contributed by atoms with Gasteiger partial charge in [-0.05, 0) is 60.4 Å². The van der Waals surface area contributed by atoms with Crippen LogP contribution < -0.4 is 0 Å². The van der Waals surface area contributed by atoms with Crippen LogP contribution in [0.15, 0.2) is 53.9 Å². The molecule has 1 unspecified atom stereocenters. The molecule has 1 aromatic heterocycles. The van der Waals surface area contributed by atoms with E-state index in [-0.39, 0.29) is 41.6 Å². The van der Waals surface area contributed by atoms with E-state index in [0.717, 1.165) is 23.1 Å². The second-order valence-electron chi connectivity index (χ2n) is 9.73. The third kappa shape index (κ3) is 5.18. The van der Waals surface area contributed by atoms with Gasteiger partial charge < -0.3 is 9.80 Å². The Bertz CT molecular complexity index is 1300. The minimum Gasteiger partial charge on any atom is -0.330 e. The fraction of sp³-hybridized carbons (Fsp3) is 0.357. The van der Waals surface area contributed by atoms with Crippen LogP contribution in [-0.2, 0) is 11.2 Å². The topological polar surface area (TPSA) is 83.8 Å². The molecule has 0 N–H and O–H groups in total. The molecule has 36 heavy (non-hydrogen) atoms. The van der Waals surface area contributed by atoms with Crippen molar-refractivity contribution >= 4 is 28.8 Å². The first kappa shape index (κ1) is 25.6. The number of thiophene rings is 1. The van der Waals surface area contributed by atoms with E-state index in [1.165, 1.54) is 15.8 Å². The maximum atomic E-state index is 13.8. The van der Waals surface area contributed by atoms with E-state index in [1.807, 2.05) is 30.9 Å². The number of fused-ring (bicyclic) bond motifs is 1. The lowest BCUT2D eigenvalue weighted by atomic mass is 9.90. The molecule has 4 rings (SSSR count). The minimum absolute atomic E-state index is 0.0828. The van der Waals surface area contributed by atoms with Crippen LogP contribution in [-0.4, -0.2) is 46.2 Å². The molecule has 1 atom stereocenters. The summed E-state index contributed by atoms with van der Waals surface area (Å²) in [5.41, 5.74) is 3.95. The van der Waals surface area contributed by atoms with Crippen LogP contribution in [0.25, 0.3) is 0 Å². The largest absolute Gasteiger partial charge is 0.330 e. The molecule has 2 amide bonds. The van der Waals surface area contributed by atoms with Crippen LogP contribution in [0, 0.1) is 29.9 Å². The van der Waals surface area contributed by atoms with E-state index in [4.69, 9.17) is 0 Å². The van der Waals surface area contributed by atoms with E-state index in [1.54, 1.807) is 30.4 Å². The highest BCUT2D eigenvalue weighted by atomic mass is 32.1. The summed E-state index contributed by atoms with van der Waals surface area (Å²) in [5, 5.41) is 13.5. The number of benzene rings is 2. The fourth-order valence-corrected chi connectivity index (χ4v) is 5.75. The Morgan fingerprint density at radius 2 is 1.86 bits per heavy atom. The number of amides is 2. The molecule has 7 nitrogen and oxygen atoms in total. The molecule has 0 spiro atoms. The Balaban J connectivity index is 1.65. The van der Waals surface area contributed by atoms with Crippen molar-refractivity contribution in [3.63, 3.8) is 0 Å². The van der Waals surface area contributed by atoms with Crippen molar-refractivity contribution in [1.29, 1.82) is 0 Å². The zero-order valence-corrected chi connectivity index (χ0v) is 21.9. The van der Waals surface area contributed by atoms with Gasteiger partial charge in [0.05, 0.1) is 11.0 Å². The molecule has 188 valence electrons. The predicted molar refractivity (Wildman–Crippen MR) is 141 cm³/mol. The second-order valence-corrected chi connectivity index (χ2v) is 10.7. The lowest BCUT2D eigenvalue weighted by Gasteiger charge is -2.38. The van der Waals surface area contributed by atoms with Crippen LogP contribution in [0.5, 0.6) is 0 Å². The zero-order valence-electron chi connectivity index (χ0n) is 21.1. The van der Waals surface area contributed by atoms with Gasteiger partial charge in [0.25, 0.3) is 11.6 Å². The molecule has 0 aliphatic carbocycles. The molecule has 0 fully saturated rings. The Kier molecular flexibility index (Phi) is 7.54. The zero-order chi connectivity index (χ0) is 26.0. The first-order valence-corrected chi connectivity index (χ1v) is 13.0. The normalized spacial score (nSPS) is 15.0. The van der Waals surface area contributed by atoms with Gasteiger partial charge in [-0.1, -0.05) is 44.2 Å². The van der Waals surface area contributed by atoms with Crippen LogP contribution >= 0.6 is 11.3 Å². The van der Waals surface area contributed by atoms with Crippen LogP contribution in [0.4, 0.5) is 5.69 Å². The van der Waals surface area contributed by atoms with Gasteiger partial charge >= 0.3 is 0 Å². The molecule has 3 aromatic rings. The highest BCUT2D eigenvalue weighted by Gasteiger charge is 2.35. The number of hydrogen-bond acceptors (Lipinski definition) is 5. The number of nitrogens with zero attached hydrogens (tertiary/aromatic N) is 3. The van der Waals surface area contributed by atoms with E-state index in [2.05, 4.69) is 30.5 Å². The maximum absolute atomic E-state index is 13.8. The Morgan fingerprint density at radius 3 is 2.56 bits per heavy atom. The van der Waals surface area contributed by atoms with Crippen molar-refractivity contribution in [2.24, 2.45) is 5.92 Å². The molecular weight excluding hydrogens is 474 g/mol. The molecular formula is C28H31N3O4S. The molecule has 0 saturated heterocycles. The van der Waals surface area contributed by atoms with E-state index >= 15 is 0 Å². The van der Waals surface area contributed by atoms with Crippen molar-refractivity contribution in [2.45, 2.75) is 40.2 Å². The summed E-state index contributed by atoms with van der Waals surface area (Å²) in [6.45, 7) is 8.53. The summed E-state index contributed by atoms with van der Waals surface area (Å²) in [7, 11) is 0. The summed E-state index contributed by atoms with van der Waals surface area (Å²) in [5.74, 6) is -0.379. The van der Waals surface area contributed by atoms with Gasteiger partial charge in [0.15, 0.2) is 0 Å². The molecule has 8 heteroatoms. The number of carbonyl (C=O) groups is 2. The summed E-state index contributed by atoms with van der Waals surface area (Å²) >= 11 is 1.72. The smallest absolute Gasteiger partial charge is 0.273 e. The standard InChI is InChI=1S/C28H31N3O4S/c1-18(2)16-29(28(33)21-10-9-20(4)24(15-21)31(34)35)17-26(32)30-13-11-25-23(12-14-36-25)27(30)22-8-6-5-7-19(22)3/h5-10,12,14-15,18,27H,11,13,16-17H2,1-4H3. The molecule has 1 aliphatic heterocycles. The Hall–Kier alpha value is -3.52. The lowest BCUT2D eigenvalue weighted by Crippen LogP contribution is -2.47. The summed E-state index contributed by atoms with van der Waals surface area (Å²) < 4.78 is 0. The minimum atomic E-state index is -0.483. The number of nitro groups is 1. The van der Waals surface area contributed by atoms with Gasteiger partial charge in [-0.3, -0.25) is 19.7 Å². The average Bonchev–Trinajstić information content (AvgIpc) is 3.32. The highest BCUT2D eigenvalue weighted by Crippen LogP contribution is 2.39. The first-order valence-electron chi connectivity index (χ1n) is 12.1. The number of nitro benzene ring substituents is 1. The maximum Gasteiger partial charge on any atom is 0.273 e. The number of carbonyl (C=O) groups excluding carboxylic acids is 2. The van der Waals surface area contributed by atoms with Crippen molar-refractivity contribution in [1.82, 2.24) is 9.80 Å². The predicted octanol–water partition coefficient (Wildman–Crippen LogP) is 5.55. The molecule has 2 heterocycles. The SMILES string of the molecule is Cc1ccccc1C1c2ccsc2CCN1C(=O)CN(CC(C)C)C(=O)c1ccc(C)c([N+](=O)[O-])c1. The van der Waals surface area contributed by atoms with Crippen molar-refractivity contribution in [3.8, 4) is 0 Å². The molecule has 0 bridgehead atoms.